The molecule has 1 aromatic heterocycles. The van der Waals surface area contributed by atoms with E-state index in [2.05, 4.69) is 23.3 Å². The zero-order valence-electron chi connectivity index (χ0n) is 9.48. The molecule has 0 spiro atoms. The fourth-order valence-corrected chi connectivity index (χ4v) is 1.57. The van der Waals surface area contributed by atoms with Crippen LogP contribution >= 0.6 is 0 Å². The quantitative estimate of drug-likeness (QED) is 0.750. The van der Waals surface area contributed by atoms with Gasteiger partial charge in [-0.3, -0.25) is 4.98 Å². The van der Waals surface area contributed by atoms with Gasteiger partial charge in [-0.15, -0.1) is 0 Å². The van der Waals surface area contributed by atoms with Gasteiger partial charge in [0.05, 0.1) is 6.10 Å². The fourth-order valence-electron chi connectivity index (χ4n) is 1.57. The number of hydrogen-bond donors (Lipinski definition) is 2. The van der Waals surface area contributed by atoms with Crippen LogP contribution in [0.2, 0.25) is 0 Å². The Bertz CT molecular complexity index is 262. The average molecular weight is 208 g/mol. The second kappa shape index (κ2) is 6.53. The van der Waals surface area contributed by atoms with E-state index in [4.69, 9.17) is 0 Å². The second-order valence-corrected chi connectivity index (χ2v) is 3.88. The third kappa shape index (κ3) is 4.40. The van der Waals surface area contributed by atoms with Gasteiger partial charge in [-0.25, -0.2) is 0 Å². The lowest BCUT2D eigenvalue weighted by molar-refractivity contribution is 0.185. The molecule has 0 aliphatic rings. The van der Waals surface area contributed by atoms with Crippen LogP contribution in [-0.2, 0) is 0 Å². The van der Waals surface area contributed by atoms with E-state index in [9.17, 15) is 5.11 Å². The molecule has 3 nitrogen and oxygen atoms in total. The predicted molar refractivity (Wildman–Crippen MR) is 61.6 cm³/mol. The third-order valence-corrected chi connectivity index (χ3v) is 2.32. The van der Waals surface area contributed by atoms with Crippen molar-refractivity contribution in [2.24, 2.45) is 0 Å². The van der Waals surface area contributed by atoms with Crippen LogP contribution in [0.25, 0.3) is 0 Å². The van der Waals surface area contributed by atoms with E-state index < -0.39 is 0 Å². The Morgan fingerprint density at radius 3 is 2.87 bits per heavy atom. The molecule has 1 aromatic rings. The largest absolute Gasteiger partial charge is 0.392 e. The molecule has 2 N–H and O–H groups in total. The number of hydrogen-bond acceptors (Lipinski definition) is 3. The first-order chi connectivity index (χ1) is 7.24. The molecule has 0 aliphatic heterocycles. The van der Waals surface area contributed by atoms with Crippen LogP contribution < -0.4 is 5.32 Å². The van der Waals surface area contributed by atoms with Gasteiger partial charge in [-0.2, -0.15) is 0 Å². The van der Waals surface area contributed by atoms with Crippen LogP contribution in [0.15, 0.2) is 24.5 Å². The van der Waals surface area contributed by atoms with Crippen LogP contribution in [0.4, 0.5) is 0 Å². The predicted octanol–water partition coefficient (Wildman–Crippen LogP) is 1.89. The van der Waals surface area contributed by atoms with Crippen LogP contribution in [0.1, 0.15) is 38.3 Å². The van der Waals surface area contributed by atoms with Gasteiger partial charge in [0.25, 0.3) is 0 Å². The van der Waals surface area contributed by atoms with Gasteiger partial charge in [-0.05, 0) is 25.0 Å². The molecule has 1 rings (SSSR count). The monoisotopic (exact) mass is 208 g/mol. The second-order valence-electron chi connectivity index (χ2n) is 3.88. The average Bonchev–Trinajstić information content (AvgIpc) is 2.25. The smallest absolute Gasteiger partial charge is 0.0636 e. The van der Waals surface area contributed by atoms with Crippen molar-refractivity contribution < 1.29 is 5.11 Å². The summed E-state index contributed by atoms with van der Waals surface area (Å²) in [5.74, 6) is 0. The summed E-state index contributed by atoms with van der Waals surface area (Å²) >= 11 is 0. The SMILES string of the molecule is CCCC(NCC(C)O)c1cccnc1. The number of aliphatic hydroxyl groups excluding tert-OH is 1. The van der Waals surface area contributed by atoms with E-state index in [0.717, 1.165) is 12.8 Å². The van der Waals surface area contributed by atoms with Crippen molar-refractivity contribution in [2.75, 3.05) is 6.54 Å². The molecule has 0 fully saturated rings. The Morgan fingerprint density at radius 2 is 2.33 bits per heavy atom. The van der Waals surface area contributed by atoms with Gasteiger partial charge in [0.1, 0.15) is 0 Å². The van der Waals surface area contributed by atoms with Crippen LogP contribution in [0.3, 0.4) is 0 Å². The highest BCUT2D eigenvalue weighted by atomic mass is 16.3. The van der Waals surface area contributed by atoms with Crippen molar-refractivity contribution in [3.8, 4) is 0 Å². The Kier molecular flexibility index (Phi) is 5.29. The van der Waals surface area contributed by atoms with E-state index in [1.165, 1.54) is 5.56 Å². The lowest BCUT2D eigenvalue weighted by atomic mass is 10.0. The molecule has 0 aliphatic carbocycles. The molecule has 2 unspecified atom stereocenters. The number of aliphatic hydroxyl groups is 1. The normalized spacial score (nSPS) is 14.9. The number of pyridine rings is 1. The van der Waals surface area contributed by atoms with E-state index in [0.29, 0.717) is 12.6 Å². The summed E-state index contributed by atoms with van der Waals surface area (Å²) in [5, 5.41) is 12.6. The molecule has 1 heterocycles. The molecular formula is C12H20N2O. The minimum Gasteiger partial charge on any atom is -0.392 e. The Labute approximate surface area is 91.5 Å². The van der Waals surface area contributed by atoms with Gasteiger partial charge in [-0.1, -0.05) is 19.4 Å². The number of rotatable bonds is 6. The maximum absolute atomic E-state index is 9.24. The van der Waals surface area contributed by atoms with Gasteiger partial charge in [0.2, 0.25) is 0 Å². The molecule has 0 amide bonds. The highest BCUT2D eigenvalue weighted by Crippen LogP contribution is 2.16. The Hall–Kier alpha value is -0.930. The van der Waals surface area contributed by atoms with Crippen LogP contribution in [0, 0.1) is 0 Å². The maximum Gasteiger partial charge on any atom is 0.0636 e. The van der Waals surface area contributed by atoms with Crippen LogP contribution in [0.5, 0.6) is 0 Å². The van der Waals surface area contributed by atoms with Gasteiger partial charge in [0.15, 0.2) is 0 Å². The Balaban J connectivity index is 2.57. The molecule has 0 radical (unpaired) electrons. The Morgan fingerprint density at radius 1 is 1.53 bits per heavy atom. The first-order valence-corrected chi connectivity index (χ1v) is 5.55. The van der Waals surface area contributed by atoms with Crippen molar-refractivity contribution in [2.45, 2.75) is 38.8 Å². The van der Waals surface area contributed by atoms with Crippen molar-refractivity contribution in [1.82, 2.24) is 10.3 Å². The fraction of sp³-hybridized carbons (Fsp3) is 0.583. The van der Waals surface area contributed by atoms with Crippen molar-refractivity contribution in [3.63, 3.8) is 0 Å². The summed E-state index contributed by atoms with van der Waals surface area (Å²) in [6.07, 6.45) is 5.54. The molecule has 0 aromatic carbocycles. The highest BCUT2D eigenvalue weighted by molar-refractivity contribution is 5.13. The molecule has 3 heteroatoms. The van der Waals surface area contributed by atoms with E-state index in [1.54, 1.807) is 13.1 Å². The molecule has 0 saturated carbocycles. The van der Waals surface area contributed by atoms with Gasteiger partial charge >= 0.3 is 0 Å². The summed E-state index contributed by atoms with van der Waals surface area (Å²) in [6, 6.07) is 4.32. The standard InChI is InChI=1S/C12H20N2O/c1-3-5-12(14-8-10(2)15)11-6-4-7-13-9-11/h4,6-7,9-10,12,14-15H,3,5,8H2,1-2H3. The number of aromatic nitrogens is 1. The summed E-state index contributed by atoms with van der Waals surface area (Å²) in [5.41, 5.74) is 1.19. The minimum atomic E-state index is -0.305. The summed E-state index contributed by atoms with van der Waals surface area (Å²) in [7, 11) is 0. The minimum absolute atomic E-state index is 0.304. The first-order valence-electron chi connectivity index (χ1n) is 5.55. The summed E-state index contributed by atoms with van der Waals surface area (Å²) in [4.78, 5) is 4.11. The zero-order chi connectivity index (χ0) is 11.1. The highest BCUT2D eigenvalue weighted by Gasteiger charge is 2.10. The van der Waals surface area contributed by atoms with Crippen molar-refractivity contribution in [3.05, 3.63) is 30.1 Å². The van der Waals surface area contributed by atoms with Gasteiger partial charge in [0, 0.05) is 25.0 Å². The first kappa shape index (κ1) is 12.1. The third-order valence-electron chi connectivity index (χ3n) is 2.32. The number of nitrogens with zero attached hydrogens (tertiary/aromatic N) is 1. The van der Waals surface area contributed by atoms with Gasteiger partial charge < -0.3 is 10.4 Å². The molecule has 0 bridgehead atoms. The van der Waals surface area contributed by atoms with E-state index in [-0.39, 0.29) is 6.10 Å². The lowest BCUT2D eigenvalue weighted by Crippen LogP contribution is -2.28. The molecular weight excluding hydrogens is 188 g/mol. The van der Waals surface area contributed by atoms with Crippen molar-refractivity contribution >= 4 is 0 Å². The summed E-state index contributed by atoms with van der Waals surface area (Å²) < 4.78 is 0. The molecule has 84 valence electrons. The van der Waals surface area contributed by atoms with Crippen LogP contribution in [-0.4, -0.2) is 22.7 Å². The molecule has 2 atom stereocenters. The van der Waals surface area contributed by atoms with E-state index >= 15 is 0 Å². The maximum atomic E-state index is 9.24. The lowest BCUT2D eigenvalue weighted by Gasteiger charge is -2.19. The summed E-state index contributed by atoms with van der Waals surface area (Å²) in [6.45, 7) is 4.58. The zero-order valence-corrected chi connectivity index (χ0v) is 9.48. The molecule has 0 saturated heterocycles. The van der Waals surface area contributed by atoms with E-state index in [1.807, 2.05) is 12.3 Å². The topological polar surface area (TPSA) is 45.1 Å². The number of nitrogens with one attached hydrogen (secondary N) is 1. The van der Waals surface area contributed by atoms with Crippen molar-refractivity contribution in [1.29, 1.82) is 0 Å². The molecule has 15 heavy (non-hydrogen) atoms.